The van der Waals surface area contributed by atoms with Gasteiger partial charge in [-0.1, -0.05) is 12.1 Å². The van der Waals surface area contributed by atoms with E-state index in [1.54, 1.807) is 0 Å². The van der Waals surface area contributed by atoms with E-state index in [1.807, 2.05) is 11.8 Å². The lowest BCUT2D eigenvalue weighted by Gasteiger charge is -2.28. The second kappa shape index (κ2) is 6.99. The highest BCUT2D eigenvalue weighted by molar-refractivity contribution is 5.75. The third-order valence-corrected chi connectivity index (χ3v) is 5.28. The SMILES string of the molecule is Cc1nnc2n1C[C@H]1CC[C@@H](C2)N1C(=O)NCc1ccc(OC(F)(F)F)cc1. The van der Waals surface area contributed by atoms with Crippen molar-refractivity contribution in [3.05, 3.63) is 41.5 Å². The standard InChI is InChI=1S/C18H20F3N5O2/c1-11-23-24-16-8-13-4-5-14(10-25(11)16)26(13)17(27)22-9-12-2-6-15(7-3-12)28-18(19,20)21/h2-3,6-7,13-14H,4-5,8-10H2,1H3,(H,22,27)/t13-,14+/m0/s1. The van der Waals surface area contributed by atoms with Gasteiger partial charge in [0.2, 0.25) is 0 Å². The predicted octanol–water partition coefficient (Wildman–Crippen LogP) is 2.78. The van der Waals surface area contributed by atoms with Crippen molar-refractivity contribution in [1.29, 1.82) is 0 Å². The minimum atomic E-state index is -4.72. The lowest BCUT2D eigenvalue weighted by molar-refractivity contribution is -0.274. The Bertz CT molecular complexity index is 865. The van der Waals surface area contributed by atoms with Crippen LogP contribution in [0.25, 0.3) is 0 Å². The van der Waals surface area contributed by atoms with Gasteiger partial charge in [-0.25, -0.2) is 4.79 Å². The van der Waals surface area contributed by atoms with Crippen LogP contribution in [0, 0.1) is 6.92 Å². The maximum Gasteiger partial charge on any atom is 0.573 e. The lowest BCUT2D eigenvalue weighted by Crippen LogP contribution is -2.47. The van der Waals surface area contributed by atoms with Crippen molar-refractivity contribution in [2.75, 3.05) is 0 Å². The Balaban J connectivity index is 1.38. The topological polar surface area (TPSA) is 72.3 Å². The molecule has 28 heavy (non-hydrogen) atoms. The molecule has 10 heteroatoms. The van der Waals surface area contributed by atoms with Crippen molar-refractivity contribution in [2.24, 2.45) is 0 Å². The Kier molecular flexibility index (Phi) is 4.64. The van der Waals surface area contributed by atoms with Gasteiger partial charge in [-0.05, 0) is 37.5 Å². The number of nitrogens with one attached hydrogen (secondary N) is 1. The van der Waals surface area contributed by atoms with E-state index in [4.69, 9.17) is 0 Å². The van der Waals surface area contributed by atoms with E-state index in [1.165, 1.54) is 24.3 Å². The molecule has 0 radical (unpaired) electrons. The van der Waals surface area contributed by atoms with Crippen LogP contribution in [0.15, 0.2) is 24.3 Å². The van der Waals surface area contributed by atoms with Crippen molar-refractivity contribution < 1.29 is 22.7 Å². The highest BCUT2D eigenvalue weighted by Gasteiger charge is 2.40. The number of amides is 2. The number of hydrogen-bond acceptors (Lipinski definition) is 4. The molecule has 0 aliphatic carbocycles. The Morgan fingerprint density at radius 3 is 2.64 bits per heavy atom. The van der Waals surface area contributed by atoms with Crippen LogP contribution in [0.1, 0.15) is 30.1 Å². The number of fused-ring (bicyclic) bond motifs is 3. The van der Waals surface area contributed by atoms with Crippen LogP contribution in [-0.2, 0) is 19.5 Å². The zero-order valence-corrected chi connectivity index (χ0v) is 15.2. The first-order valence-corrected chi connectivity index (χ1v) is 9.09. The van der Waals surface area contributed by atoms with Crippen LogP contribution < -0.4 is 10.1 Å². The normalized spacial score (nSPS) is 21.2. The van der Waals surface area contributed by atoms with Gasteiger partial charge < -0.3 is 19.5 Å². The first-order valence-electron chi connectivity index (χ1n) is 9.09. The van der Waals surface area contributed by atoms with Crippen LogP contribution in [0.2, 0.25) is 0 Å². The van der Waals surface area contributed by atoms with Crippen LogP contribution in [0.3, 0.4) is 0 Å². The summed E-state index contributed by atoms with van der Waals surface area (Å²) in [6.07, 6.45) is -2.19. The summed E-state index contributed by atoms with van der Waals surface area (Å²) in [5.74, 6) is 1.47. The van der Waals surface area contributed by atoms with Crippen molar-refractivity contribution in [3.8, 4) is 5.75 Å². The van der Waals surface area contributed by atoms with E-state index in [0.29, 0.717) is 18.5 Å². The number of rotatable bonds is 3. The highest BCUT2D eigenvalue weighted by Crippen LogP contribution is 2.31. The number of ether oxygens (including phenoxy) is 1. The third-order valence-electron chi connectivity index (χ3n) is 5.28. The minimum absolute atomic E-state index is 0.0809. The molecule has 0 unspecified atom stereocenters. The first kappa shape index (κ1) is 18.6. The molecule has 2 aliphatic heterocycles. The molecule has 1 saturated heterocycles. The molecule has 1 N–H and O–H groups in total. The Labute approximate surface area is 159 Å². The molecule has 3 heterocycles. The molecular formula is C18H20F3N5O2. The molecular weight excluding hydrogens is 375 g/mol. The summed E-state index contributed by atoms with van der Waals surface area (Å²) in [7, 11) is 0. The molecule has 150 valence electrons. The molecule has 7 nitrogen and oxygen atoms in total. The fourth-order valence-corrected chi connectivity index (χ4v) is 3.99. The fraction of sp³-hybridized carbons (Fsp3) is 0.500. The van der Waals surface area contributed by atoms with Crippen molar-refractivity contribution in [1.82, 2.24) is 25.0 Å². The number of benzene rings is 1. The number of carbonyl (C=O) groups is 1. The zero-order valence-electron chi connectivity index (χ0n) is 15.2. The fourth-order valence-electron chi connectivity index (χ4n) is 3.99. The predicted molar refractivity (Wildman–Crippen MR) is 92.5 cm³/mol. The van der Waals surface area contributed by atoms with Crippen LogP contribution in [0.5, 0.6) is 5.75 Å². The zero-order chi connectivity index (χ0) is 19.9. The number of hydrogen-bond donors (Lipinski definition) is 1. The van der Waals surface area contributed by atoms with Gasteiger partial charge in [0, 0.05) is 25.6 Å². The van der Waals surface area contributed by atoms with Crippen molar-refractivity contribution in [2.45, 2.75) is 57.7 Å². The summed E-state index contributed by atoms with van der Waals surface area (Å²) >= 11 is 0. The van der Waals surface area contributed by atoms with Crippen molar-refractivity contribution in [3.63, 3.8) is 0 Å². The van der Waals surface area contributed by atoms with Gasteiger partial charge in [0.15, 0.2) is 0 Å². The number of nitrogens with zero attached hydrogens (tertiary/aromatic N) is 4. The number of carbonyl (C=O) groups excluding carboxylic acids is 1. The third kappa shape index (κ3) is 3.76. The number of aryl methyl sites for hydroxylation is 1. The van der Waals surface area contributed by atoms with E-state index in [0.717, 1.165) is 24.5 Å². The van der Waals surface area contributed by atoms with E-state index in [9.17, 15) is 18.0 Å². The average Bonchev–Trinajstić information content (AvgIpc) is 3.11. The van der Waals surface area contributed by atoms with Gasteiger partial charge in [0.05, 0.1) is 6.04 Å². The number of aromatic nitrogens is 3. The highest BCUT2D eigenvalue weighted by atomic mass is 19.4. The smallest absolute Gasteiger partial charge is 0.406 e. The van der Waals surface area contributed by atoms with E-state index in [-0.39, 0.29) is 30.4 Å². The molecule has 0 spiro atoms. The van der Waals surface area contributed by atoms with E-state index < -0.39 is 6.36 Å². The van der Waals surface area contributed by atoms with Crippen LogP contribution >= 0.6 is 0 Å². The number of alkyl halides is 3. The number of urea groups is 1. The van der Waals surface area contributed by atoms with Gasteiger partial charge in [0.25, 0.3) is 0 Å². The maximum absolute atomic E-state index is 12.8. The lowest BCUT2D eigenvalue weighted by atomic mass is 10.1. The minimum Gasteiger partial charge on any atom is -0.406 e. The summed E-state index contributed by atoms with van der Waals surface area (Å²) in [5, 5.41) is 11.2. The average molecular weight is 395 g/mol. The van der Waals surface area contributed by atoms with E-state index in [2.05, 4.69) is 24.8 Å². The summed E-state index contributed by atoms with van der Waals surface area (Å²) < 4.78 is 42.6. The first-order chi connectivity index (χ1) is 13.3. The number of halogens is 3. The Morgan fingerprint density at radius 1 is 1.21 bits per heavy atom. The van der Waals surface area contributed by atoms with Crippen LogP contribution in [-0.4, -0.2) is 44.1 Å². The molecule has 2 atom stereocenters. The van der Waals surface area contributed by atoms with Gasteiger partial charge >= 0.3 is 12.4 Å². The second-order valence-electron chi connectivity index (χ2n) is 7.12. The van der Waals surface area contributed by atoms with Gasteiger partial charge in [-0.15, -0.1) is 23.4 Å². The van der Waals surface area contributed by atoms with Gasteiger partial charge in [-0.3, -0.25) is 0 Å². The molecule has 1 aromatic carbocycles. The Hall–Kier alpha value is -2.78. The largest absolute Gasteiger partial charge is 0.573 e. The monoisotopic (exact) mass is 395 g/mol. The molecule has 4 rings (SSSR count). The summed E-state index contributed by atoms with van der Waals surface area (Å²) in [5.41, 5.74) is 0.693. The Morgan fingerprint density at radius 2 is 1.93 bits per heavy atom. The molecule has 0 saturated carbocycles. The van der Waals surface area contributed by atoms with Gasteiger partial charge in [-0.2, -0.15) is 0 Å². The maximum atomic E-state index is 12.8. The quantitative estimate of drug-likeness (QED) is 0.868. The summed E-state index contributed by atoms with van der Waals surface area (Å²) in [6.45, 7) is 2.82. The molecule has 2 aromatic rings. The van der Waals surface area contributed by atoms with Gasteiger partial charge in [0.1, 0.15) is 17.4 Å². The molecule has 2 amide bonds. The molecule has 1 aromatic heterocycles. The van der Waals surface area contributed by atoms with Crippen LogP contribution in [0.4, 0.5) is 18.0 Å². The molecule has 1 fully saturated rings. The molecule has 2 bridgehead atoms. The van der Waals surface area contributed by atoms with Crippen molar-refractivity contribution >= 4 is 6.03 Å². The van der Waals surface area contributed by atoms with E-state index >= 15 is 0 Å². The second-order valence-corrected chi connectivity index (χ2v) is 7.12. The molecule has 2 aliphatic rings. The summed E-state index contributed by atoms with van der Waals surface area (Å²) in [4.78, 5) is 14.7. The summed E-state index contributed by atoms with van der Waals surface area (Å²) in [6, 6.07) is 5.48.